The Morgan fingerprint density at radius 2 is 2.27 bits per heavy atom. The number of H-pyrrole nitrogens is 1. The summed E-state index contributed by atoms with van der Waals surface area (Å²) in [7, 11) is 0. The molecule has 1 aliphatic heterocycles. The topological polar surface area (TPSA) is 73.1 Å². The minimum absolute atomic E-state index is 0.265. The average molecular weight is 371 g/mol. The lowest BCUT2D eigenvalue weighted by Gasteiger charge is -2.20. The molecule has 4 rings (SSSR count). The Morgan fingerprint density at radius 1 is 1.38 bits per heavy atom. The van der Waals surface area contributed by atoms with Gasteiger partial charge in [-0.1, -0.05) is 6.07 Å². The number of hydrogen-bond acceptors (Lipinski definition) is 4. The Balaban J connectivity index is 1.58. The fourth-order valence-electron chi connectivity index (χ4n) is 3.14. The van der Waals surface area contributed by atoms with Crippen molar-refractivity contribution in [1.82, 2.24) is 15.5 Å². The van der Waals surface area contributed by atoms with Crippen molar-refractivity contribution < 1.29 is 9.18 Å². The molecule has 3 N–H and O–H groups in total. The minimum atomic E-state index is -0.396. The Morgan fingerprint density at radius 3 is 3.00 bits per heavy atom. The summed E-state index contributed by atoms with van der Waals surface area (Å²) in [6, 6.07) is 6.86. The molecule has 1 aromatic carbocycles. The van der Waals surface area contributed by atoms with Gasteiger partial charge in [-0.05, 0) is 36.1 Å². The zero-order valence-corrected chi connectivity index (χ0v) is 15.0. The van der Waals surface area contributed by atoms with Gasteiger partial charge in [0.25, 0.3) is 0 Å². The number of urea groups is 1. The van der Waals surface area contributed by atoms with Gasteiger partial charge in [-0.2, -0.15) is 5.10 Å². The van der Waals surface area contributed by atoms with Crippen LogP contribution in [0, 0.1) is 12.7 Å². The second-order valence-electron chi connectivity index (χ2n) is 6.05. The molecular formula is C18H18FN5OS. The molecule has 6 nitrogen and oxygen atoms in total. The number of rotatable bonds is 5. The maximum Gasteiger partial charge on any atom is 0.322 e. The molecule has 26 heavy (non-hydrogen) atoms. The molecule has 2 amide bonds. The van der Waals surface area contributed by atoms with Crippen LogP contribution in [0.1, 0.15) is 11.1 Å². The predicted octanol–water partition coefficient (Wildman–Crippen LogP) is 3.73. The molecule has 0 aliphatic carbocycles. The smallest absolute Gasteiger partial charge is 0.322 e. The highest BCUT2D eigenvalue weighted by Crippen LogP contribution is 2.32. The first-order valence-corrected chi connectivity index (χ1v) is 9.17. The number of nitrogens with zero attached hydrogens (tertiary/aromatic N) is 2. The number of aromatic amines is 1. The molecule has 8 heteroatoms. The molecule has 2 aromatic heterocycles. The lowest BCUT2D eigenvalue weighted by Crippen LogP contribution is -2.29. The van der Waals surface area contributed by atoms with E-state index in [2.05, 4.69) is 20.8 Å². The van der Waals surface area contributed by atoms with Gasteiger partial charge in [-0.25, -0.2) is 9.18 Å². The largest absolute Gasteiger partial charge is 0.381 e. The zero-order chi connectivity index (χ0) is 18.1. The quantitative estimate of drug-likeness (QED) is 0.640. The first-order valence-electron chi connectivity index (χ1n) is 8.29. The summed E-state index contributed by atoms with van der Waals surface area (Å²) < 4.78 is 14.4. The van der Waals surface area contributed by atoms with E-state index in [1.54, 1.807) is 23.6 Å². The molecular weight excluding hydrogens is 353 g/mol. The van der Waals surface area contributed by atoms with Crippen LogP contribution in [-0.4, -0.2) is 29.3 Å². The van der Waals surface area contributed by atoms with Crippen molar-refractivity contribution in [1.29, 1.82) is 0 Å². The molecule has 0 bridgehead atoms. The number of amides is 2. The summed E-state index contributed by atoms with van der Waals surface area (Å²) in [4.78, 5) is 14.5. The van der Waals surface area contributed by atoms with Crippen molar-refractivity contribution in [2.45, 2.75) is 13.5 Å². The summed E-state index contributed by atoms with van der Waals surface area (Å²) >= 11 is 1.64. The Bertz CT molecular complexity index is 937. The lowest BCUT2D eigenvalue weighted by molar-refractivity contribution is 0.252. The fourth-order valence-corrected chi connectivity index (χ4v) is 3.90. The van der Waals surface area contributed by atoms with Crippen LogP contribution in [0.25, 0.3) is 10.6 Å². The molecule has 3 aromatic rings. The monoisotopic (exact) mass is 371 g/mol. The molecule has 134 valence electrons. The van der Waals surface area contributed by atoms with E-state index < -0.39 is 5.82 Å². The van der Waals surface area contributed by atoms with Crippen molar-refractivity contribution in [2.24, 2.45) is 0 Å². The zero-order valence-electron chi connectivity index (χ0n) is 14.2. The maximum absolute atomic E-state index is 14.4. The molecule has 1 saturated heterocycles. The third-order valence-electron chi connectivity index (χ3n) is 4.46. The number of anilines is 2. The van der Waals surface area contributed by atoms with E-state index in [0.717, 1.165) is 21.8 Å². The van der Waals surface area contributed by atoms with Gasteiger partial charge in [-0.15, -0.1) is 11.3 Å². The Labute approximate surface area is 154 Å². The van der Waals surface area contributed by atoms with Crippen LogP contribution in [0.2, 0.25) is 0 Å². The van der Waals surface area contributed by atoms with Crippen LogP contribution in [0.3, 0.4) is 0 Å². The van der Waals surface area contributed by atoms with Gasteiger partial charge in [-0.3, -0.25) is 10.00 Å². The number of hydrogen-bond donors (Lipinski definition) is 3. The van der Waals surface area contributed by atoms with Crippen molar-refractivity contribution >= 4 is 28.7 Å². The van der Waals surface area contributed by atoms with Crippen molar-refractivity contribution in [2.75, 3.05) is 23.3 Å². The first kappa shape index (κ1) is 16.6. The number of carbonyl (C=O) groups excluding carboxylic acids is 1. The van der Waals surface area contributed by atoms with Crippen LogP contribution < -0.4 is 15.5 Å². The minimum Gasteiger partial charge on any atom is -0.381 e. The van der Waals surface area contributed by atoms with Gasteiger partial charge < -0.3 is 10.6 Å². The second kappa shape index (κ2) is 6.80. The molecule has 0 atom stereocenters. The lowest BCUT2D eigenvalue weighted by atomic mass is 10.1. The van der Waals surface area contributed by atoms with Gasteiger partial charge in [0.15, 0.2) is 0 Å². The standard InChI is InChI=1S/C18H18FN5OS/c1-11-14(5-4-13(19)17(11)24-7-6-20-18(24)25)21-9-12-10-22-23-16(12)15-3-2-8-26-15/h2-5,8,10,21H,6-7,9H2,1H3,(H,20,25)(H,22,23). The highest BCUT2D eigenvalue weighted by molar-refractivity contribution is 7.13. The van der Waals surface area contributed by atoms with Crippen molar-refractivity contribution in [3.63, 3.8) is 0 Å². The van der Waals surface area contributed by atoms with Gasteiger partial charge in [0.1, 0.15) is 5.82 Å². The molecule has 0 unspecified atom stereocenters. The second-order valence-corrected chi connectivity index (χ2v) is 7.00. The van der Waals surface area contributed by atoms with Gasteiger partial charge in [0, 0.05) is 30.9 Å². The summed E-state index contributed by atoms with van der Waals surface area (Å²) in [5.41, 5.74) is 3.83. The van der Waals surface area contributed by atoms with Gasteiger partial charge in [0.05, 0.1) is 22.5 Å². The number of thiophene rings is 1. The van der Waals surface area contributed by atoms with Crippen molar-refractivity contribution in [3.8, 4) is 10.6 Å². The average Bonchev–Trinajstić information content (AvgIpc) is 3.36. The number of aromatic nitrogens is 2. The number of carbonyl (C=O) groups is 1. The summed E-state index contributed by atoms with van der Waals surface area (Å²) in [6.07, 6.45) is 1.79. The predicted molar refractivity (Wildman–Crippen MR) is 101 cm³/mol. The van der Waals surface area contributed by atoms with E-state index in [9.17, 15) is 9.18 Å². The SMILES string of the molecule is Cc1c(NCc2cn[nH]c2-c2cccs2)ccc(F)c1N1CCNC1=O. The molecule has 0 radical (unpaired) electrons. The van der Waals surface area contributed by atoms with Crippen LogP contribution in [0.5, 0.6) is 0 Å². The van der Waals surface area contributed by atoms with Crippen LogP contribution in [0.15, 0.2) is 35.8 Å². The van der Waals surface area contributed by atoms with E-state index in [1.807, 2.05) is 24.4 Å². The summed E-state index contributed by atoms with van der Waals surface area (Å²) in [5, 5.41) is 15.2. The van der Waals surface area contributed by atoms with E-state index in [0.29, 0.717) is 30.9 Å². The molecule has 1 fully saturated rings. The summed E-state index contributed by atoms with van der Waals surface area (Å²) in [5.74, 6) is -0.396. The third kappa shape index (κ3) is 2.92. The van der Waals surface area contributed by atoms with Crippen molar-refractivity contribution in [3.05, 3.63) is 52.8 Å². The van der Waals surface area contributed by atoms with E-state index in [1.165, 1.54) is 11.0 Å². The molecule has 0 spiro atoms. The van der Waals surface area contributed by atoms with Crippen LogP contribution >= 0.6 is 11.3 Å². The van der Waals surface area contributed by atoms with E-state index in [-0.39, 0.29) is 6.03 Å². The van der Waals surface area contributed by atoms with Crippen LogP contribution in [0.4, 0.5) is 20.6 Å². The molecule has 0 saturated carbocycles. The number of nitrogens with one attached hydrogen (secondary N) is 3. The summed E-state index contributed by atoms with van der Waals surface area (Å²) in [6.45, 7) is 3.35. The maximum atomic E-state index is 14.4. The number of benzene rings is 1. The number of halogens is 1. The van der Waals surface area contributed by atoms with Gasteiger partial charge >= 0.3 is 6.03 Å². The first-order chi connectivity index (χ1) is 12.6. The van der Waals surface area contributed by atoms with Gasteiger partial charge in [0.2, 0.25) is 0 Å². The highest BCUT2D eigenvalue weighted by atomic mass is 32.1. The van der Waals surface area contributed by atoms with E-state index >= 15 is 0 Å². The molecule has 3 heterocycles. The molecule has 1 aliphatic rings. The highest BCUT2D eigenvalue weighted by Gasteiger charge is 2.26. The third-order valence-corrected chi connectivity index (χ3v) is 5.35. The Kier molecular flexibility index (Phi) is 4.34. The normalized spacial score (nSPS) is 13.9. The Hall–Kier alpha value is -2.87. The van der Waals surface area contributed by atoms with Crippen LogP contribution in [-0.2, 0) is 6.54 Å². The van der Waals surface area contributed by atoms with E-state index in [4.69, 9.17) is 0 Å². The fraction of sp³-hybridized carbons (Fsp3) is 0.222.